The Kier molecular flexibility index (Phi) is 5.33. The normalized spacial score (nSPS) is 14.4. The summed E-state index contributed by atoms with van der Waals surface area (Å²) in [4.78, 5) is 27.8. The largest absolute Gasteiger partial charge is 0.337 e. The Morgan fingerprint density at radius 3 is 2.11 bits per heavy atom. The molecule has 0 fully saturated rings. The van der Waals surface area contributed by atoms with Gasteiger partial charge in [0.15, 0.2) is 0 Å². The average molecular weight is 379 g/mol. The third-order valence-electron chi connectivity index (χ3n) is 5.53. The fourth-order valence-corrected chi connectivity index (χ4v) is 3.50. The van der Waals surface area contributed by atoms with Crippen LogP contribution in [0.4, 0.5) is 5.69 Å². The fraction of sp³-hybridized carbons (Fsp3) is 0.417. The van der Waals surface area contributed by atoms with Crippen LogP contribution in [0.3, 0.4) is 0 Å². The molecule has 1 aliphatic heterocycles. The van der Waals surface area contributed by atoms with Crippen LogP contribution in [0.25, 0.3) is 0 Å². The Balaban J connectivity index is 1.69. The maximum atomic E-state index is 13.1. The van der Waals surface area contributed by atoms with Gasteiger partial charge in [0.05, 0.1) is 0 Å². The lowest BCUT2D eigenvalue weighted by molar-refractivity contribution is -0.147. The van der Waals surface area contributed by atoms with Crippen molar-refractivity contribution in [3.8, 4) is 0 Å². The summed E-state index contributed by atoms with van der Waals surface area (Å²) in [7, 11) is 0. The maximum Gasteiger partial charge on any atom is 0.239 e. The number of anilines is 1. The first-order valence-corrected chi connectivity index (χ1v) is 9.87. The number of carbonyl (C=O) groups is 2. The van der Waals surface area contributed by atoms with Crippen LogP contribution in [0.15, 0.2) is 48.5 Å². The number of fused-ring (bicyclic) bond motifs is 1. The van der Waals surface area contributed by atoms with Gasteiger partial charge in [-0.05, 0) is 54.5 Å². The van der Waals surface area contributed by atoms with E-state index in [1.807, 2.05) is 36.4 Å². The minimum Gasteiger partial charge on any atom is -0.337 e. The Labute approximate surface area is 167 Å². The number of hydrogen-bond acceptors (Lipinski definition) is 2. The number of nitrogens with zero attached hydrogens (tertiary/aromatic N) is 1. The molecule has 4 heteroatoms. The van der Waals surface area contributed by atoms with Crippen molar-refractivity contribution < 1.29 is 9.59 Å². The molecule has 2 aromatic carbocycles. The molecule has 0 aromatic heterocycles. The summed E-state index contributed by atoms with van der Waals surface area (Å²) < 4.78 is 0. The second-order valence-electron chi connectivity index (χ2n) is 9.15. The zero-order valence-electron chi connectivity index (χ0n) is 17.5. The minimum absolute atomic E-state index is 0.0579. The van der Waals surface area contributed by atoms with Gasteiger partial charge in [-0.15, -0.1) is 0 Å². The quantitative estimate of drug-likeness (QED) is 0.798. The summed E-state index contributed by atoms with van der Waals surface area (Å²) in [6, 6.07) is 16.0. The van der Waals surface area contributed by atoms with Gasteiger partial charge in [0, 0.05) is 18.8 Å². The Hall–Kier alpha value is -2.62. The Morgan fingerprint density at radius 1 is 0.893 bits per heavy atom. The van der Waals surface area contributed by atoms with E-state index in [1.54, 1.807) is 18.7 Å². The Morgan fingerprint density at radius 2 is 1.50 bits per heavy atom. The fourth-order valence-electron chi connectivity index (χ4n) is 3.50. The van der Waals surface area contributed by atoms with Crippen LogP contribution >= 0.6 is 0 Å². The van der Waals surface area contributed by atoms with Gasteiger partial charge in [0.1, 0.15) is 5.41 Å². The first kappa shape index (κ1) is 20.1. The number of amides is 2. The summed E-state index contributed by atoms with van der Waals surface area (Å²) in [6.45, 7) is 11.1. The highest BCUT2D eigenvalue weighted by Gasteiger charge is 2.40. The first-order valence-electron chi connectivity index (χ1n) is 9.87. The van der Waals surface area contributed by atoms with Crippen molar-refractivity contribution in [1.82, 2.24) is 4.90 Å². The molecule has 1 aliphatic rings. The second kappa shape index (κ2) is 7.42. The van der Waals surface area contributed by atoms with Crippen molar-refractivity contribution in [3.63, 3.8) is 0 Å². The summed E-state index contributed by atoms with van der Waals surface area (Å²) >= 11 is 0. The molecule has 0 atom stereocenters. The molecule has 2 aromatic rings. The molecule has 0 saturated carbocycles. The molecular weight excluding hydrogens is 348 g/mol. The van der Waals surface area contributed by atoms with Crippen molar-refractivity contribution in [3.05, 3.63) is 65.2 Å². The molecule has 28 heavy (non-hydrogen) atoms. The van der Waals surface area contributed by atoms with E-state index in [0.717, 1.165) is 12.0 Å². The average Bonchev–Trinajstić information content (AvgIpc) is 2.66. The summed E-state index contributed by atoms with van der Waals surface area (Å²) in [6.07, 6.45) is 0.827. The lowest BCUT2D eigenvalue weighted by Gasteiger charge is -2.34. The lowest BCUT2D eigenvalue weighted by Crippen LogP contribution is -2.48. The van der Waals surface area contributed by atoms with E-state index in [-0.39, 0.29) is 17.2 Å². The predicted molar refractivity (Wildman–Crippen MR) is 113 cm³/mol. The molecule has 0 unspecified atom stereocenters. The molecule has 0 spiro atoms. The molecule has 0 aliphatic carbocycles. The third kappa shape index (κ3) is 4.11. The molecule has 1 N–H and O–H groups in total. The van der Waals surface area contributed by atoms with Crippen molar-refractivity contribution in [2.75, 3.05) is 11.9 Å². The molecule has 1 heterocycles. The number of benzene rings is 2. The van der Waals surface area contributed by atoms with Crippen molar-refractivity contribution >= 4 is 17.5 Å². The van der Waals surface area contributed by atoms with Crippen LogP contribution in [0.1, 0.15) is 51.3 Å². The minimum atomic E-state index is -1.13. The van der Waals surface area contributed by atoms with Crippen molar-refractivity contribution in [2.45, 2.75) is 53.0 Å². The van der Waals surface area contributed by atoms with Crippen LogP contribution in [-0.2, 0) is 28.0 Å². The van der Waals surface area contributed by atoms with Crippen LogP contribution in [0.5, 0.6) is 0 Å². The monoisotopic (exact) mass is 378 g/mol. The van der Waals surface area contributed by atoms with E-state index in [1.165, 1.54) is 11.1 Å². The first-order chi connectivity index (χ1) is 13.1. The number of carbonyl (C=O) groups excluding carboxylic acids is 2. The standard InChI is InChI=1S/C24H30N2O2/c1-23(2,3)19-10-12-20(13-11-19)25-21(27)24(4,5)22(28)26-15-14-17-8-6-7-9-18(17)16-26/h6-13H,14-16H2,1-5H3,(H,25,27). The zero-order chi connectivity index (χ0) is 20.5. The third-order valence-corrected chi connectivity index (χ3v) is 5.53. The van der Waals surface area contributed by atoms with E-state index in [9.17, 15) is 9.59 Å². The van der Waals surface area contributed by atoms with Gasteiger partial charge >= 0.3 is 0 Å². The highest BCUT2D eigenvalue weighted by Crippen LogP contribution is 2.28. The van der Waals surface area contributed by atoms with Crippen LogP contribution in [0, 0.1) is 5.41 Å². The molecule has 3 rings (SSSR count). The highest BCUT2D eigenvalue weighted by atomic mass is 16.2. The van der Waals surface area contributed by atoms with Crippen LogP contribution in [-0.4, -0.2) is 23.3 Å². The van der Waals surface area contributed by atoms with Gasteiger partial charge < -0.3 is 10.2 Å². The summed E-state index contributed by atoms with van der Waals surface area (Å²) in [5.74, 6) is -0.411. The van der Waals surface area contributed by atoms with Gasteiger partial charge in [-0.25, -0.2) is 0 Å². The lowest BCUT2D eigenvalue weighted by atomic mass is 9.86. The number of rotatable bonds is 3. The molecular formula is C24H30N2O2. The van der Waals surface area contributed by atoms with Gasteiger partial charge in [0.25, 0.3) is 0 Å². The molecule has 4 nitrogen and oxygen atoms in total. The zero-order valence-corrected chi connectivity index (χ0v) is 17.5. The number of hydrogen-bond donors (Lipinski definition) is 1. The van der Waals surface area contributed by atoms with Gasteiger partial charge in [-0.2, -0.15) is 0 Å². The SMILES string of the molecule is CC(C)(C(=O)Nc1ccc(C(C)(C)C)cc1)C(=O)N1CCc2ccccc2C1. The molecule has 0 bridgehead atoms. The number of nitrogens with one attached hydrogen (secondary N) is 1. The van der Waals surface area contributed by atoms with E-state index in [4.69, 9.17) is 0 Å². The maximum absolute atomic E-state index is 13.1. The van der Waals surface area contributed by atoms with E-state index >= 15 is 0 Å². The summed E-state index contributed by atoms with van der Waals surface area (Å²) in [5.41, 5.74) is 3.29. The molecule has 0 radical (unpaired) electrons. The van der Waals surface area contributed by atoms with Crippen LogP contribution in [0.2, 0.25) is 0 Å². The molecule has 2 amide bonds. The second-order valence-corrected chi connectivity index (χ2v) is 9.15. The topological polar surface area (TPSA) is 49.4 Å². The van der Waals surface area contributed by atoms with Gasteiger partial charge in [-0.3, -0.25) is 9.59 Å². The summed E-state index contributed by atoms with van der Waals surface area (Å²) in [5, 5.41) is 2.91. The van der Waals surface area contributed by atoms with E-state index < -0.39 is 5.41 Å². The van der Waals surface area contributed by atoms with Crippen LogP contribution < -0.4 is 5.32 Å². The Bertz CT molecular complexity index is 876. The smallest absolute Gasteiger partial charge is 0.239 e. The van der Waals surface area contributed by atoms with E-state index in [0.29, 0.717) is 18.8 Å². The highest BCUT2D eigenvalue weighted by molar-refractivity contribution is 6.09. The van der Waals surface area contributed by atoms with Gasteiger partial charge in [-0.1, -0.05) is 57.2 Å². The predicted octanol–water partition coefficient (Wildman–Crippen LogP) is 4.53. The van der Waals surface area contributed by atoms with Gasteiger partial charge in [0.2, 0.25) is 11.8 Å². The molecule has 148 valence electrons. The van der Waals surface area contributed by atoms with Crippen molar-refractivity contribution in [2.24, 2.45) is 5.41 Å². The molecule has 0 saturated heterocycles. The van der Waals surface area contributed by atoms with Crippen molar-refractivity contribution in [1.29, 1.82) is 0 Å². The van der Waals surface area contributed by atoms with E-state index in [2.05, 4.69) is 38.2 Å².